The molecule has 3 atom stereocenters. The third-order valence-corrected chi connectivity index (χ3v) is 5.28. The summed E-state index contributed by atoms with van der Waals surface area (Å²) in [5.41, 5.74) is 1.34. The fraction of sp³-hybridized carbons (Fsp3) is 0.692. The number of hydrogen-bond acceptors (Lipinski definition) is 3. The topological polar surface area (TPSA) is 21.3 Å². The number of halogens is 1. The molecule has 1 saturated heterocycles. The van der Waals surface area contributed by atoms with Gasteiger partial charge in [-0.1, -0.05) is 11.6 Å². The van der Waals surface area contributed by atoms with Gasteiger partial charge in [-0.3, -0.25) is 0 Å². The number of fused-ring (bicyclic) bond motifs is 2. The van der Waals surface area contributed by atoms with Crippen LogP contribution in [0.15, 0.2) is 6.07 Å². The smallest absolute Gasteiger partial charge is 0.105 e. The average molecular weight is 272 g/mol. The molecule has 1 spiro atoms. The minimum atomic E-state index is -0.0739. The summed E-state index contributed by atoms with van der Waals surface area (Å²) in [6, 6.07) is 3.14. The van der Waals surface area contributed by atoms with Crippen LogP contribution in [-0.4, -0.2) is 18.7 Å². The highest BCUT2D eigenvalue weighted by Gasteiger charge is 2.44. The van der Waals surface area contributed by atoms with E-state index in [4.69, 9.17) is 16.3 Å². The van der Waals surface area contributed by atoms with Crippen molar-refractivity contribution in [2.24, 2.45) is 0 Å². The second kappa shape index (κ2) is 4.23. The molecule has 0 aromatic carbocycles. The van der Waals surface area contributed by atoms with Gasteiger partial charge >= 0.3 is 0 Å². The maximum absolute atomic E-state index is 6.20. The number of thiophene rings is 1. The number of hydrogen-bond donors (Lipinski definition) is 1. The number of nitrogens with one attached hydrogen (secondary N) is 1. The average Bonchev–Trinajstić information content (AvgIpc) is 2.58. The van der Waals surface area contributed by atoms with Crippen LogP contribution in [0.25, 0.3) is 0 Å². The van der Waals surface area contributed by atoms with Crippen molar-refractivity contribution >= 4 is 22.9 Å². The maximum atomic E-state index is 6.20. The van der Waals surface area contributed by atoms with Crippen molar-refractivity contribution in [2.75, 3.05) is 6.61 Å². The number of piperidine rings is 1. The van der Waals surface area contributed by atoms with Crippen LogP contribution in [0.3, 0.4) is 0 Å². The second-order valence-electron chi connectivity index (χ2n) is 5.37. The fourth-order valence-corrected chi connectivity index (χ4v) is 4.83. The van der Waals surface area contributed by atoms with Crippen molar-refractivity contribution in [3.05, 3.63) is 20.8 Å². The molecule has 4 heteroatoms. The van der Waals surface area contributed by atoms with Crippen LogP contribution in [-0.2, 0) is 16.8 Å². The van der Waals surface area contributed by atoms with Gasteiger partial charge in [0.15, 0.2) is 0 Å². The van der Waals surface area contributed by atoms with Crippen LogP contribution < -0.4 is 5.32 Å². The Hall–Kier alpha value is -0.0900. The SMILES string of the molecule is C[C@@H]1C[C@]2(C[C@H](C)N1)OCCc1cc(Cl)sc12. The van der Waals surface area contributed by atoms with Gasteiger partial charge in [0, 0.05) is 17.0 Å². The van der Waals surface area contributed by atoms with Crippen molar-refractivity contribution < 1.29 is 4.74 Å². The van der Waals surface area contributed by atoms with Gasteiger partial charge < -0.3 is 10.1 Å². The van der Waals surface area contributed by atoms with Crippen LogP contribution in [0.4, 0.5) is 0 Å². The van der Waals surface area contributed by atoms with Gasteiger partial charge in [0.25, 0.3) is 0 Å². The zero-order chi connectivity index (χ0) is 12.0. The molecule has 1 fully saturated rings. The van der Waals surface area contributed by atoms with Crippen LogP contribution in [0.1, 0.15) is 37.1 Å². The molecule has 1 N–H and O–H groups in total. The van der Waals surface area contributed by atoms with E-state index in [2.05, 4.69) is 25.2 Å². The van der Waals surface area contributed by atoms with Crippen molar-refractivity contribution in [3.63, 3.8) is 0 Å². The third-order valence-electron chi connectivity index (χ3n) is 3.78. The van der Waals surface area contributed by atoms with Crippen LogP contribution in [0.2, 0.25) is 4.34 Å². The molecule has 3 heterocycles. The molecule has 2 aliphatic rings. The van der Waals surface area contributed by atoms with E-state index in [1.54, 1.807) is 11.3 Å². The fourth-order valence-electron chi connectivity index (χ4n) is 3.37. The van der Waals surface area contributed by atoms with E-state index < -0.39 is 0 Å². The van der Waals surface area contributed by atoms with Gasteiger partial charge in [-0.2, -0.15) is 0 Å². The molecule has 2 nitrogen and oxygen atoms in total. The zero-order valence-corrected chi connectivity index (χ0v) is 11.8. The Balaban J connectivity index is 2.02. The molecule has 0 radical (unpaired) electrons. The summed E-state index contributed by atoms with van der Waals surface area (Å²) in [5.74, 6) is 0. The quantitative estimate of drug-likeness (QED) is 0.782. The highest BCUT2D eigenvalue weighted by molar-refractivity contribution is 7.16. The Morgan fingerprint density at radius 3 is 2.82 bits per heavy atom. The van der Waals surface area contributed by atoms with Crippen molar-refractivity contribution in [3.8, 4) is 0 Å². The van der Waals surface area contributed by atoms with E-state index in [1.807, 2.05) is 0 Å². The van der Waals surface area contributed by atoms with Gasteiger partial charge in [0.05, 0.1) is 10.9 Å². The highest BCUT2D eigenvalue weighted by atomic mass is 35.5. The summed E-state index contributed by atoms with van der Waals surface area (Å²) in [7, 11) is 0. The third kappa shape index (κ3) is 2.03. The minimum Gasteiger partial charge on any atom is -0.369 e. The van der Waals surface area contributed by atoms with Crippen molar-refractivity contribution in [1.29, 1.82) is 0 Å². The number of rotatable bonds is 0. The monoisotopic (exact) mass is 271 g/mol. The molecule has 0 saturated carbocycles. The first-order chi connectivity index (χ1) is 8.09. The molecule has 17 heavy (non-hydrogen) atoms. The molecule has 0 bridgehead atoms. The van der Waals surface area contributed by atoms with Crippen LogP contribution in [0, 0.1) is 0 Å². The molecule has 1 aromatic rings. The van der Waals surface area contributed by atoms with E-state index in [0.29, 0.717) is 12.1 Å². The van der Waals surface area contributed by atoms with Gasteiger partial charge in [-0.25, -0.2) is 0 Å². The standard InChI is InChI=1S/C13H18ClNOS/c1-8-6-13(7-9(2)15-8)12-10(3-4-16-13)5-11(14)17-12/h5,8-9,15H,3-4,6-7H2,1-2H3/t8-,9+,13-. The minimum absolute atomic E-state index is 0.0739. The van der Waals surface area contributed by atoms with Crippen LogP contribution >= 0.6 is 22.9 Å². The second-order valence-corrected chi connectivity index (χ2v) is 7.06. The summed E-state index contributed by atoms with van der Waals surface area (Å²) in [6.07, 6.45) is 3.12. The van der Waals surface area contributed by atoms with Gasteiger partial charge in [-0.15, -0.1) is 11.3 Å². The molecule has 0 aliphatic carbocycles. The summed E-state index contributed by atoms with van der Waals surface area (Å²) >= 11 is 7.89. The highest BCUT2D eigenvalue weighted by Crippen LogP contribution is 2.47. The van der Waals surface area contributed by atoms with Gasteiger partial charge in [-0.05, 0) is 44.7 Å². The first kappa shape index (κ1) is 12.0. The van der Waals surface area contributed by atoms with Gasteiger partial charge in [0.2, 0.25) is 0 Å². The lowest BCUT2D eigenvalue weighted by Crippen LogP contribution is -2.52. The lowest BCUT2D eigenvalue weighted by atomic mass is 9.80. The molecule has 1 aromatic heterocycles. The summed E-state index contributed by atoms with van der Waals surface area (Å²) in [4.78, 5) is 1.38. The summed E-state index contributed by atoms with van der Waals surface area (Å²) < 4.78 is 7.10. The molecule has 3 rings (SSSR count). The van der Waals surface area contributed by atoms with E-state index in [-0.39, 0.29) is 5.60 Å². The van der Waals surface area contributed by atoms with Crippen LogP contribution in [0.5, 0.6) is 0 Å². The van der Waals surface area contributed by atoms with E-state index in [1.165, 1.54) is 10.4 Å². The Labute approximate surface area is 111 Å². The lowest BCUT2D eigenvalue weighted by molar-refractivity contribution is -0.0932. The molecule has 0 amide bonds. The predicted molar refractivity (Wildman–Crippen MR) is 72.0 cm³/mol. The van der Waals surface area contributed by atoms with E-state index in [0.717, 1.165) is 30.2 Å². The summed E-state index contributed by atoms with van der Waals surface area (Å²) in [5, 5.41) is 3.58. The normalized spacial score (nSPS) is 37.1. The van der Waals surface area contributed by atoms with Crippen molar-refractivity contribution in [2.45, 2.75) is 50.8 Å². The maximum Gasteiger partial charge on any atom is 0.105 e. The molecular weight excluding hydrogens is 254 g/mol. The molecule has 94 valence electrons. The number of ether oxygens (including phenoxy) is 1. The Kier molecular flexibility index (Phi) is 2.98. The van der Waals surface area contributed by atoms with Gasteiger partial charge in [0.1, 0.15) is 5.60 Å². The Morgan fingerprint density at radius 2 is 2.12 bits per heavy atom. The first-order valence-electron chi connectivity index (χ1n) is 6.28. The molecule has 2 aliphatic heterocycles. The van der Waals surface area contributed by atoms with E-state index in [9.17, 15) is 0 Å². The first-order valence-corrected chi connectivity index (χ1v) is 7.47. The lowest BCUT2D eigenvalue weighted by Gasteiger charge is -2.45. The predicted octanol–water partition coefficient (Wildman–Crippen LogP) is 3.33. The largest absolute Gasteiger partial charge is 0.369 e. The summed E-state index contributed by atoms with van der Waals surface area (Å²) in [6.45, 7) is 5.31. The Bertz CT molecular complexity index is 421. The zero-order valence-electron chi connectivity index (χ0n) is 10.3. The molecular formula is C13H18ClNOS. The van der Waals surface area contributed by atoms with E-state index >= 15 is 0 Å². The van der Waals surface area contributed by atoms with Crippen molar-refractivity contribution in [1.82, 2.24) is 5.32 Å². The Morgan fingerprint density at radius 1 is 1.41 bits per heavy atom. The molecule has 0 unspecified atom stereocenters.